The lowest BCUT2D eigenvalue weighted by atomic mass is 10.3. The van der Waals surface area contributed by atoms with Crippen LogP contribution in [0, 0.1) is 5.82 Å². The molecule has 1 N–H and O–H groups in total. The molecule has 0 spiro atoms. The van der Waals surface area contributed by atoms with Crippen LogP contribution in [0.5, 0.6) is 0 Å². The van der Waals surface area contributed by atoms with Gasteiger partial charge in [-0.15, -0.1) is 0 Å². The third-order valence-electron chi connectivity index (χ3n) is 3.71. The fourth-order valence-corrected chi connectivity index (χ4v) is 3.91. The molecule has 2 aromatic rings. The van der Waals surface area contributed by atoms with Gasteiger partial charge in [-0.25, -0.2) is 17.5 Å². The minimum atomic E-state index is -3.81. The van der Waals surface area contributed by atoms with Gasteiger partial charge in [0.2, 0.25) is 15.9 Å². The van der Waals surface area contributed by atoms with Crippen molar-refractivity contribution in [1.29, 1.82) is 0 Å². The lowest BCUT2D eigenvalue weighted by Crippen LogP contribution is -2.37. The molecule has 1 saturated heterocycles. The van der Waals surface area contributed by atoms with Crippen LogP contribution in [0.3, 0.4) is 0 Å². The maximum absolute atomic E-state index is 12.9. The molecule has 126 valence electrons. The number of hydrogen-bond donors (Lipinski definition) is 1. The Morgan fingerprint density at radius 1 is 1.08 bits per heavy atom. The zero-order valence-corrected chi connectivity index (χ0v) is 14.0. The molecule has 3 rings (SSSR count). The summed E-state index contributed by atoms with van der Waals surface area (Å²) >= 11 is 5.83. The Hall–Kier alpha value is -1.96. The number of rotatable bonds is 4. The first-order valence-corrected chi connectivity index (χ1v) is 9.05. The van der Waals surface area contributed by atoms with Crippen molar-refractivity contribution in [3.05, 3.63) is 59.4 Å². The number of nitrogens with one attached hydrogen (secondary N) is 1. The average Bonchev–Trinajstić information content (AvgIpc) is 2.88. The summed E-state index contributed by atoms with van der Waals surface area (Å²) in [5, 5.41) is 0.555. The first kappa shape index (κ1) is 16.9. The first-order valence-electron chi connectivity index (χ1n) is 7.19. The highest BCUT2D eigenvalue weighted by molar-refractivity contribution is 7.89. The number of benzene rings is 2. The second kappa shape index (κ2) is 6.51. The summed E-state index contributed by atoms with van der Waals surface area (Å²) in [6.45, 7) is 0.223. The number of sulfonamides is 1. The van der Waals surface area contributed by atoms with Crippen LogP contribution in [0.1, 0.15) is 6.42 Å². The highest BCUT2D eigenvalue weighted by atomic mass is 35.5. The maximum atomic E-state index is 12.9. The summed E-state index contributed by atoms with van der Waals surface area (Å²) in [5.41, 5.74) is 0.660. The summed E-state index contributed by atoms with van der Waals surface area (Å²) in [7, 11) is -3.81. The van der Waals surface area contributed by atoms with Gasteiger partial charge in [-0.1, -0.05) is 11.6 Å². The normalized spacial score (nSPS) is 18.2. The summed E-state index contributed by atoms with van der Waals surface area (Å²) in [6, 6.07) is 10.7. The van der Waals surface area contributed by atoms with Crippen LogP contribution in [0.2, 0.25) is 5.02 Å². The molecule has 0 aliphatic carbocycles. The molecule has 1 fully saturated rings. The van der Waals surface area contributed by atoms with Gasteiger partial charge in [0.05, 0.1) is 4.90 Å². The summed E-state index contributed by atoms with van der Waals surface area (Å²) in [4.78, 5) is 13.6. The van der Waals surface area contributed by atoms with E-state index in [1.54, 1.807) is 24.3 Å². The number of nitrogens with zero attached hydrogens (tertiary/aromatic N) is 1. The Morgan fingerprint density at radius 3 is 2.33 bits per heavy atom. The summed E-state index contributed by atoms with van der Waals surface area (Å²) < 4.78 is 40.0. The number of carbonyl (C=O) groups is 1. The Morgan fingerprint density at radius 2 is 1.71 bits per heavy atom. The molecular weight excluding hydrogens is 355 g/mol. The monoisotopic (exact) mass is 368 g/mol. The Kier molecular flexibility index (Phi) is 4.58. The molecule has 2 aromatic carbocycles. The molecule has 0 bridgehead atoms. The number of hydrogen-bond acceptors (Lipinski definition) is 3. The van der Waals surface area contributed by atoms with E-state index in [-0.39, 0.29) is 23.8 Å². The van der Waals surface area contributed by atoms with E-state index in [0.29, 0.717) is 10.7 Å². The van der Waals surface area contributed by atoms with Gasteiger partial charge in [-0.2, -0.15) is 0 Å². The molecule has 0 saturated carbocycles. The molecule has 5 nitrogen and oxygen atoms in total. The second-order valence-electron chi connectivity index (χ2n) is 5.46. The predicted octanol–water partition coefficient (Wildman–Crippen LogP) is 2.56. The topological polar surface area (TPSA) is 66.5 Å². The van der Waals surface area contributed by atoms with Gasteiger partial charge in [0.1, 0.15) is 5.82 Å². The van der Waals surface area contributed by atoms with Gasteiger partial charge in [0, 0.05) is 29.7 Å². The third kappa shape index (κ3) is 3.58. The zero-order chi connectivity index (χ0) is 17.3. The van der Waals surface area contributed by atoms with Crippen LogP contribution in [-0.4, -0.2) is 26.9 Å². The van der Waals surface area contributed by atoms with E-state index < -0.39 is 21.9 Å². The quantitative estimate of drug-likeness (QED) is 0.902. The molecule has 8 heteroatoms. The lowest BCUT2D eigenvalue weighted by molar-refractivity contribution is -0.117. The van der Waals surface area contributed by atoms with Crippen molar-refractivity contribution in [3.8, 4) is 0 Å². The van der Waals surface area contributed by atoms with Crippen molar-refractivity contribution in [1.82, 2.24) is 4.72 Å². The van der Waals surface area contributed by atoms with Crippen LogP contribution < -0.4 is 9.62 Å². The van der Waals surface area contributed by atoms with Gasteiger partial charge in [-0.3, -0.25) is 4.79 Å². The summed E-state index contributed by atoms with van der Waals surface area (Å²) in [6.07, 6.45) is 0.0586. The van der Waals surface area contributed by atoms with E-state index in [0.717, 1.165) is 12.1 Å². The van der Waals surface area contributed by atoms with E-state index in [2.05, 4.69) is 4.72 Å². The molecule has 1 aliphatic rings. The Labute approximate surface area is 144 Å². The standard InChI is InChI=1S/C16H14ClFN2O3S/c17-11-1-5-14(6-2-11)20-10-13(9-16(20)21)19-24(22,23)15-7-3-12(18)4-8-15/h1-8,13,19H,9-10H2. The largest absolute Gasteiger partial charge is 0.311 e. The second-order valence-corrected chi connectivity index (χ2v) is 7.61. The Balaban J connectivity index is 1.74. The van der Waals surface area contributed by atoms with Crippen LogP contribution in [0.25, 0.3) is 0 Å². The first-order chi connectivity index (χ1) is 11.3. The molecule has 24 heavy (non-hydrogen) atoms. The smallest absolute Gasteiger partial charge is 0.240 e. The molecule has 1 heterocycles. The van der Waals surface area contributed by atoms with Gasteiger partial charge in [0.25, 0.3) is 0 Å². The van der Waals surface area contributed by atoms with E-state index >= 15 is 0 Å². The van der Waals surface area contributed by atoms with E-state index in [1.807, 2.05) is 0 Å². The molecule has 1 aliphatic heterocycles. The molecule has 1 atom stereocenters. The van der Waals surface area contributed by atoms with Crippen molar-refractivity contribution >= 4 is 33.2 Å². The number of carbonyl (C=O) groups excluding carboxylic acids is 1. The van der Waals surface area contributed by atoms with Gasteiger partial charge in [0.15, 0.2) is 0 Å². The van der Waals surface area contributed by atoms with Crippen molar-refractivity contribution in [2.45, 2.75) is 17.4 Å². The fraction of sp³-hybridized carbons (Fsp3) is 0.188. The highest BCUT2D eigenvalue weighted by Gasteiger charge is 2.33. The van der Waals surface area contributed by atoms with Crippen LogP contribution >= 0.6 is 11.6 Å². The van der Waals surface area contributed by atoms with Crippen molar-refractivity contribution in [3.63, 3.8) is 0 Å². The molecule has 1 unspecified atom stereocenters. The molecule has 0 aromatic heterocycles. The van der Waals surface area contributed by atoms with E-state index in [1.165, 1.54) is 17.0 Å². The summed E-state index contributed by atoms with van der Waals surface area (Å²) in [5.74, 6) is -0.692. The highest BCUT2D eigenvalue weighted by Crippen LogP contribution is 2.24. The zero-order valence-electron chi connectivity index (χ0n) is 12.4. The molecule has 1 amide bonds. The van der Waals surface area contributed by atoms with Gasteiger partial charge in [-0.05, 0) is 48.5 Å². The van der Waals surface area contributed by atoms with Gasteiger partial charge >= 0.3 is 0 Å². The van der Waals surface area contributed by atoms with Crippen LogP contribution in [0.15, 0.2) is 53.4 Å². The van der Waals surface area contributed by atoms with Crippen molar-refractivity contribution < 1.29 is 17.6 Å². The number of amides is 1. The predicted molar refractivity (Wildman–Crippen MR) is 88.9 cm³/mol. The van der Waals surface area contributed by atoms with Crippen molar-refractivity contribution in [2.75, 3.05) is 11.4 Å². The third-order valence-corrected chi connectivity index (χ3v) is 5.50. The molecule has 0 radical (unpaired) electrons. The van der Waals surface area contributed by atoms with Crippen LogP contribution in [-0.2, 0) is 14.8 Å². The fourth-order valence-electron chi connectivity index (χ4n) is 2.56. The SMILES string of the molecule is O=C1CC(NS(=O)(=O)c2ccc(F)cc2)CN1c1ccc(Cl)cc1. The minimum Gasteiger partial charge on any atom is -0.311 e. The van der Waals surface area contributed by atoms with E-state index in [4.69, 9.17) is 11.6 Å². The van der Waals surface area contributed by atoms with Crippen LogP contribution in [0.4, 0.5) is 10.1 Å². The number of halogens is 2. The maximum Gasteiger partial charge on any atom is 0.240 e. The Bertz CT molecular complexity index is 854. The minimum absolute atomic E-state index is 0.0405. The number of anilines is 1. The molecular formula is C16H14ClFN2O3S. The van der Waals surface area contributed by atoms with E-state index in [9.17, 15) is 17.6 Å². The van der Waals surface area contributed by atoms with Gasteiger partial charge < -0.3 is 4.90 Å². The lowest BCUT2D eigenvalue weighted by Gasteiger charge is -2.17. The van der Waals surface area contributed by atoms with Crippen molar-refractivity contribution in [2.24, 2.45) is 0 Å². The average molecular weight is 369 g/mol.